The number of carbonyl (C=O) groups is 2. The minimum atomic E-state index is -0.297. The van der Waals surface area contributed by atoms with Crippen LogP contribution in [0.4, 0.5) is 11.4 Å². The molecule has 2 heterocycles. The standard InChI is InChI=1S/C29H28N4O4/c1-36-25-14-13-21(16-26(25)37-2)28-24(19-32(31-28)18-20-8-4-3-5-9-20)29(35)30-22-10-6-11-23(17-22)33-15-7-12-27(33)34/h3-6,8-11,13-14,16-17,19H,7,12,15,18H2,1-2H3,(H,30,35). The zero-order chi connectivity index (χ0) is 25.8. The second-order valence-corrected chi connectivity index (χ2v) is 8.80. The predicted molar refractivity (Wildman–Crippen MR) is 142 cm³/mol. The van der Waals surface area contributed by atoms with Crippen molar-refractivity contribution in [1.29, 1.82) is 0 Å². The third-order valence-corrected chi connectivity index (χ3v) is 6.34. The van der Waals surface area contributed by atoms with E-state index < -0.39 is 0 Å². The van der Waals surface area contributed by atoms with Crippen molar-refractivity contribution in [3.05, 3.63) is 90.1 Å². The van der Waals surface area contributed by atoms with Gasteiger partial charge in [-0.05, 0) is 48.4 Å². The maximum atomic E-state index is 13.5. The van der Waals surface area contributed by atoms with Gasteiger partial charge in [0, 0.05) is 36.1 Å². The molecule has 1 fully saturated rings. The number of aromatic nitrogens is 2. The molecule has 0 radical (unpaired) electrons. The van der Waals surface area contributed by atoms with Crippen molar-refractivity contribution in [2.45, 2.75) is 19.4 Å². The summed E-state index contributed by atoms with van der Waals surface area (Å²) in [6, 6.07) is 22.8. The molecule has 0 unspecified atom stereocenters. The van der Waals surface area contributed by atoms with Crippen LogP contribution in [-0.4, -0.2) is 42.4 Å². The number of nitrogens with zero attached hydrogens (tertiary/aromatic N) is 3. The molecule has 2 amide bonds. The SMILES string of the molecule is COc1ccc(-c2nn(Cc3ccccc3)cc2C(=O)Nc2cccc(N3CCCC3=O)c2)cc1OC. The lowest BCUT2D eigenvalue weighted by molar-refractivity contribution is -0.117. The smallest absolute Gasteiger partial charge is 0.259 e. The van der Waals surface area contributed by atoms with Crippen LogP contribution in [-0.2, 0) is 11.3 Å². The molecule has 0 saturated carbocycles. The first kappa shape index (κ1) is 24.1. The lowest BCUT2D eigenvalue weighted by Crippen LogP contribution is -2.23. The van der Waals surface area contributed by atoms with Crippen molar-refractivity contribution in [3.8, 4) is 22.8 Å². The van der Waals surface area contributed by atoms with Crippen LogP contribution in [0.15, 0.2) is 79.0 Å². The first-order chi connectivity index (χ1) is 18.1. The van der Waals surface area contributed by atoms with Gasteiger partial charge in [0.15, 0.2) is 11.5 Å². The van der Waals surface area contributed by atoms with Crippen molar-refractivity contribution in [1.82, 2.24) is 9.78 Å². The number of anilines is 2. The van der Waals surface area contributed by atoms with Crippen LogP contribution in [0.25, 0.3) is 11.3 Å². The van der Waals surface area contributed by atoms with Gasteiger partial charge in [-0.3, -0.25) is 14.3 Å². The van der Waals surface area contributed by atoms with Gasteiger partial charge in [0.1, 0.15) is 5.69 Å². The largest absolute Gasteiger partial charge is 0.493 e. The van der Waals surface area contributed by atoms with Crippen molar-refractivity contribution < 1.29 is 19.1 Å². The molecule has 1 saturated heterocycles. The Labute approximate surface area is 215 Å². The van der Waals surface area contributed by atoms with Gasteiger partial charge in [-0.15, -0.1) is 0 Å². The monoisotopic (exact) mass is 496 g/mol. The van der Waals surface area contributed by atoms with E-state index in [0.717, 1.165) is 23.2 Å². The van der Waals surface area contributed by atoms with Gasteiger partial charge in [0.05, 0.1) is 26.3 Å². The highest BCUT2D eigenvalue weighted by atomic mass is 16.5. The molecule has 1 aliphatic heterocycles. The number of carbonyl (C=O) groups excluding carboxylic acids is 2. The lowest BCUT2D eigenvalue weighted by atomic mass is 10.1. The number of hydrogen-bond acceptors (Lipinski definition) is 5. The van der Waals surface area contributed by atoms with Gasteiger partial charge in [0.25, 0.3) is 5.91 Å². The van der Waals surface area contributed by atoms with E-state index in [4.69, 9.17) is 14.6 Å². The van der Waals surface area contributed by atoms with Gasteiger partial charge < -0.3 is 19.7 Å². The van der Waals surface area contributed by atoms with Crippen LogP contribution < -0.4 is 19.7 Å². The van der Waals surface area contributed by atoms with Crippen molar-refractivity contribution >= 4 is 23.2 Å². The molecule has 0 bridgehead atoms. The molecule has 1 aromatic heterocycles. The fourth-order valence-corrected chi connectivity index (χ4v) is 4.51. The molecular formula is C29H28N4O4. The predicted octanol–water partition coefficient (Wildman–Crippen LogP) is 4.99. The molecule has 5 rings (SSSR count). The number of hydrogen-bond donors (Lipinski definition) is 1. The Kier molecular flexibility index (Phi) is 6.89. The van der Waals surface area contributed by atoms with Gasteiger partial charge in [-0.1, -0.05) is 36.4 Å². The molecule has 1 aliphatic rings. The molecule has 37 heavy (non-hydrogen) atoms. The summed E-state index contributed by atoms with van der Waals surface area (Å²) >= 11 is 0. The molecule has 0 aliphatic carbocycles. The number of amides is 2. The molecule has 188 valence electrons. The van der Waals surface area contributed by atoms with Gasteiger partial charge >= 0.3 is 0 Å². The summed E-state index contributed by atoms with van der Waals surface area (Å²) in [5.41, 5.74) is 4.13. The van der Waals surface area contributed by atoms with Crippen LogP contribution in [0, 0.1) is 0 Å². The van der Waals surface area contributed by atoms with Crippen LogP contribution >= 0.6 is 0 Å². The molecule has 4 aromatic rings. The van der Waals surface area contributed by atoms with E-state index in [9.17, 15) is 9.59 Å². The molecule has 0 spiro atoms. The lowest BCUT2D eigenvalue weighted by Gasteiger charge is -2.16. The topological polar surface area (TPSA) is 85.7 Å². The van der Waals surface area contributed by atoms with Crippen LogP contribution in [0.3, 0.4) is 0 Å². The van der Waals surface area contributed by atoms with Crippen LogP contribution in [0.2, 0.25) is 0 Å². The zero-order valence-electron chi connectivity index (χ0n) is 20.8. The summed E-state index contributed by atoms with van der Waals surface area (Å²) in [4.78, 5) is 27.5. The molecule has 1 N–H and O–H groups in total. The van der Waals surface area contributed by atoms with E-state index in [1.807, 2.05) is 66.7 Å². The highest BCUT2D eigenvalue weighted by molar-refractivity contribution is 6.08. The Balaban J connectivity index is 1.48. The van der Waals surface area contributed by atoms with Gasteiger partial charge in [0.2, 0.25) is 5.91 Å². The molecule has 0 atom stereocenters. The van der Waals surface area contributed by atoms with Gasteiger partial charge in [-0.2, -0.15) is 5.10 Å². The first-order valence-corrected chi connectivity index (χ1v) is 12.1. The summed E-state index contributed by atoms with van der Waals surface area (Å²) in [7, 11) is 3.15. The third kappa shape index (κ3) is 5.18. The highest BCUT2D eigenvalue weighted by Gasteiger charge is 2.23. The maximum absolute atomic E-state index is 13.5. The number of ether oxygens (including phenoxy) is 2. The summed E-state index contributed by atoms with van der Waals surface area (Å²) in [6.45, 7) is 1.20. The maximum Gasteiger partial charge on any atom is 0.259 e. The van der Waals surface area contributed by atoms with Crippen molar-refractivity contribution in [3.63, 3.8) is 0 Å². The van der Waals surface area contributed by atoms with Crippen molar-refractivity contribution in [2.24, 2.45) is 0 Å². The quantitative estimate of drug-likeness (QED) is 0.371. The van der Waals surface area contributed by atoms with Crippen molar-refractivity contribution in [2.75, 3.05) is 31.0 Å². The summed E-state index contributed by atoms with van der Waals surface area (Å²) in [5.74, 6) is 0.941. The number of methoxy groups -OCH3 is 2. The fourth-order valence-electron chi connectivity index (χ4n) is 4.51. The Bertz CT molecular complexity index is 1430. The molecule has 3 aromatic carbocycles. The average molecular weight is 497 g/mol. The summed E-state index contributed by atoms with van der Waals surface area (Å²) < 4.78 is 12.6. The number of rotatable bonds is 8. The Morgan fingerprint density at radius 1 is 0.973 bits per heavy atom. The minimum Gasteiger partial charge on any atom is -0.493 e. The van der Waals surface area contributed by atoms with E-state index in [2.05, 4.69) is 5.32 Å². The van der Waals surface area contributed by atoms with E-state index in [0.29, 0.717) is 48.0 Å². The van der Waals surface area contributed by atoms with E-state index in [-0.39, 0.29) is 11.8 Å². The Morgan fingerprint density at radius 3 is 2.51 bits per heavy atom. The van der Waals surface area contributed by atoms with E-state index >= 15 is 0 Å². The summed E-state index contributed by atoms with van der Waals surface area (Å²) in [6.07, 6.45) is 3.14. The third-order valence-electron chi connectivity index (χ3n) is 6.34. The van der Waals surface area contributed by atoms with Gasteiger partial charge in [-0.25, -0.2) is 0 Å². The molecule has 8 nitrogen and oxygen atoms in total. The highest BCUT2D eigenvalue weighted by Crippen LogP contribution is 2.33. The average Bonchev–Trinajstić information content (AvgIpc) is 3.55. The minimum absolute atomic E-state index is 0.0985. The molecule has 8 heteroatoms. The van der Waals surface area contributed by atoms with E-state index in [1.54, 1.807) is 36.1 Å². The molecular weight excluding hydrogens is 468 g/mol. The van der Waals surface area contributed by atoms with Crippen LogP contribution in [0.5, 0.6) is 11.5 Å². The second kappa shape index (κ2) is 10.6. The Hall–Kier alpha value is -4.59. The number of benzene rings is 3. The first-order valence-electron chi connectivity index (χ1n) is 12.1. The zero-order valence-corrected chi connectivity index (χ0v) is 20.8. The Morgan fingerprint density at radius 2 is 1.78 bits per heavy atom. The fraction of sp³-hybridized carbons (Fsp3) is 0.207. The normalized spacial score (nSPS) is 13.0. The second-order valence-electron chi connectivity index (χ2n) is 8.80. The number of nitrogens with one attached hydrogen (secondary N) is 1. The summed E-state index contributed by atoms with van der Waals surface area (Å²) in [5, 5.41) is 7.76. The van der Waals surface area contributed by atoms with E-state index in [1.165, 1.54) is 0 Å². The van der Waals surface area contributed by atoms with Crippen LogP contribution in [0.1, 0.15) is 28.8 Å².